The predicted molar refractivity (Wildman–Crippen MR) is 148 cm³/mol. The highest BCUT2D eigenvalue weighted by molar-refractivity contribution is 6.11. The minimum absolute atomic E-state index is 0.358. The lowest BCUT2D eigenvalue weighted by atomic mass is 9.68. The fourth-order valence-electron chi connectivity index (χ4n) is 6.65. The highest BCUT2D eigenvalue weighted by atomic mass is 14.5. The minimum atomic E-state index is -0.358. The van der Waals surface area contributed by atoms with Crippen LogP contribution in [0.5, 0.6) is 0 Å². The third kappa shape index (κ3) is 2.36. The van der Waals surface area contributed by atoms with Crippen molar-refractivity contribution in [2.45, 2.75) is 5.41 Å². The van der Waals surface area contributed by atoms with E-state index in [0.717, 1.165) is 0 Å². The first kappa shape index (κ1) is 18.9. The van der Waals surface area contributed by atoms with Gasteiger partial charge < -0.3 is 0 Å². The Bertz CT molecular complexity index is 1780. The Morgan fingerprint density at radius 2 is 0.971 bits per heavy atom. The van der Waals surface area contributed by atoms with Crippen LogP contribution in [0.3, 0.4) is 0 Å². The van der Waals surface area contributed by atoms with Crippen molar-refractivity contribution in [3.8, 4) is 22.3 Å². The summed E-state index contributed by atoms with van der Waals surface area (Å²) >= 11 is 0. The van der Waals surface area contributed by atoms with Crippen LogP contribution in [0, 0.1) is 0 Å². The third-order valence-electron chi connectivity index (χ3n) is 8.08. The molecule has 0 aromatic heterocycles. The molecule has 0 radical (unpaired) electrons. The molecule has 35 heavy (non-hydrogen) atoms. The van der Waals surface area contributed by atoms with Crippen LogP contribution in [0.4, 0.5) is 0 Å². The Balaban J connectivity index is 1.60. The smallest absolute Gasteiger partial charge is 0.0645 e. The molecule has 0 saturated carbocycles. The summed E-state index contributed by atoms with van der Waals surface area (Å²) in [6.07, 6.45) is 4.79. The van der Waals surface area contributed by atoms with Gasteiger partial charge in [0.25, 0.3) is 0 Å². The second-order valence-corrected chi connectivity index (χ2v) is 9.69. The molecule has 0 aliphatic heterocycles. The van der Waals surface area contributed by atoms with Gasteiger partial charge in [0.05, 0.1) is 5.41 Å². The highest BCUT2D eigenvalue weighted by Gasteiger charge is 2.44. The van der Waals surface area contributed by atoms with Gasteiger partial charge in [-0.3, -0.25) is 0 Å². The molecule has 0 N–H and O–H groups in total. The summed E-state index contributed by atoms with van der Waals surface area (Å²) in [6, 6.07) is 44.9. The largest absolute Gasteiger partial charge is 0.0659 e. The summed E-state index contributed by atoms with van der Waals surface area (Å²) in [5, 5.41) is 5.26. The summed E-state index contributed by atoms with van der Waals surface area (Å²) < 4.78 is 0. The van der Waals surface area contributed by atoms with E-state index in [1.165, 1.54) is 66.1 Å². The first-order valence-corrected chi connectivity index (χ1v) is 12.3. The van der Waals surface area contributed by atoms with Crippen molar-refractivity contribution in [1.82, 2.24) is 0 Å². The van der Waals surface area contributed by atoms with E-state index in [1.54, 1.807) is 0 Å². The van der Waals surface area contributed by atoms with Crippen LogP contribution in [-0.2, 0) is 5.41 Å². The van der Waals surface area contributed by atoms with E-state index < -0.39 is 0 Å². The zero-order valence-electron chi connectivity index (χ0n) is 19.2. The average Bonchev–Trinajstić information content (AvgIpc) is 3.29. The van der Waals surface area contributed by atoms with Gasteiger partial charge in [-0.1, -0.05) is 133 Å². The zero-order valence-corrected chi connectivity index (χ0v) is 19.2. The first-order valence-electron chi connectivity index (χ1n) is 12.3. The summed E-state index contributed by atoms with van der Waals surface area (Å²) in [6.45, 7) is 0. The van der Waals surface area contributed by atoms with Gasteiger partial charge in [0, 0.05) is 0 Å². The Morgan fingerprint density at radius 1 is 0.400 bits per heavy atom. The van der Waals surface area contributed by atoms with Crippen LogP contribution in [0.25, 0.3) is 49.9 Å². The fourth-order valence-corrected chi connectivity index (χ4v) is 6.65. The van der Waals surface area contributed by atoms with Crippen LogP contribution < -0.4 is 0 Å². The maximum atomic E-state index is 2.45. The first-order chi connectivity index (χ1) is 17.4. The Morgan fingerprint density at radius 3 is 1.69 bits per heavy atom. The molecule has 0 fully saturated rings. The lowest BCUT2D eigenvalue weighted by Gasteiger charge is -2.33. The normalized spacial score (nSPS) is 14.4. The molecule has 0 atom stereocenters. The summed E-state index contributed by atoms with van der Waals surface area (Å²) in [5.74, 6) is 0. The molecular weight excluding hydrogens is 420 g/mol. The van der Waals surface area contributed by atoms with Crippen molar-refractivity contribution < 1.29 is 0 Å². The molecule has 0 heterocycles. The number of hydrogen-bond donors (Lipinski definition) is 0. The van der Waals surface area contributed by atoms with Gasteiger partial charge in [0.2, 0.25) is 0 Å². The minimum Gasteiger partial charge on any atom is -0.0645 e. The van der Waals surface area contributed by atoms with Crippen molar-refractivity contribution in [3.05, 3.63) is 150 Å². The zero-order chi connectivity index (χ0) is 23.0. The second kappa shape index (κ2) is 6.81. The van der Waals surface area contributed by atoms with E-state index in [0.29, 0.717) is 0 Å². The third-order valence-corrected chi connectivity index (χ3v) is 8.08. The van der Waals surface area contributed by atoms with Crippen molar-refractivity contribution >= 4 is 27.6 Å². The lowest BCUT2D eigenvalue weighted by Crippen LogP contribution is -2.26. The molecule has 6 aromatic rings. The number of fused-ring (bicyclic) bond motifs is 13. The number of hydrogen-bond acceptors (Lipinski definition) is 0. The topological polar surface area (TPSA) is 0 Å². The Labute approximate surface area is 204 Å². The van der Waals surface area contributed by atoms with E-state index in [2.05, 4.69) is 133 Å². The van der Waals surface area contributed by atoms with Crippen LogP contribution in [0.15, 0.2) is 127 Å². The standard InChI is InChI=1S/C35H22/c1-2-10-25-23(9-1)17-20-31-28(25)19-18-24-21-22-35(34(24)31)32-15-7-5-13-29(32)26-11-3-4-12-27(26)30-14-6-8-16-33(30)35/h1-22H. The molecule has 2 aliphatic carbocycles. The van der Waals surface area contributed by atoms with E-state index >= 15 is 0 Å². The quantitative estimate of drug-likeness (QED) is 0.206. The lowest BCUT2D eigenvalue weighted by molar-refractivity contribution is 0.810. The predicted octanol–water partition coefficient (Wildman–Crippen LogP) is 9.00. The second-order valence-electron chi connectivity index (χ2n) is 9.69. The van der Waals surface area contributed by atoms with Gasteiger partial charge in [0.1, 0.15) is 0 Å². The summed E-state index contributed by atoms with van der Waals surface area (Å²) in [7, 11) is 0. The molecule has 0 nitrogen and oxygen atoms in total. The van der Waals surface area contributed by atoms with Gasteiger partial charge in [-0.25, -0.2) is 0 Å². The van der Waals surface area contributed by atoms with Crippen LogP contribution in [0.1, 0.15) is 22.3 Å². The maximum Gasteiger partial charge on any atom is 0.0659 e. The van der Waals surface area contributed by atoms with Gasteiger partial charge in [-0.15, -0.1) is 0 Å². The molecule has 0 heteroatoms. The molecule has 0 bridgehead atoms. The van der Waals surface area contributed by atoms with Crippen molar-refractivity contribution in [2.75, 3.05) is 0 Å². The van der Waals surface area contributed by atoms with Gasteiger partial charge in [-0.05, 0) is 66.1 Å². The monoisotopic (exact) mass is 442 g/mol. The molecule has 0 saturated heterocycles. The fraction of sp³-hybridized carbons (Fsp3) is 0.0286. The highest BCUT2D eigenvalue weighted by Crippen LogP contribution is 2.57. The van der Waals surface area contributed by atoms with Crippen molar-refractivity contribution in [1.29, 1.82) is 0 Å². The number of rotatable bonds is 0. The summed E-state index contributed by atoms with van der Waals surface area (Å²) in [4.78, 5) is 0. The molecule has 0 amide bonds. The molecule has 162 valence electrons. The number of benzene rings is 6. The molecule has 2 aliphatic rings. The molecule has 0 unspecified atom stereocenters. The van der Waals surface area contributed by atoms with Gasteiger partial charge in [0.15, 0.2) is 0 Å². The Hall–Kier alpha value is -4.42. The van der Waals surface area contributed by atoms with E-state index in [9.17, 15) is 0 Å². The maximum absolute atomic E-state index is 2.45. The molecular formula is C35H22. The van der Waals surface area contributed by atoms with Gasteiger partial charge >= 0.3 is 0 Å². The average molecular weight is 443 g/mol. The van der Waals surface area contributed by atoms with Crippen molar-refractivity contribution in [2.24, 2.45) is 0 Å². The SMILES string of the molecule is C1=CC2(c3ccccc3-c3ccccc3-c3ccccc32)c2c1ccc1c2ccc2ccccc21. The van der Waals surface area contributed by atoms with Crippen LogP contribution in [0.2, 0.25) is 0 Å². The molecule has 8 rings (SSSR count). The molecule has 1 spiro atoms. The van der Waals surface area contributed by atoms with E-state index in [1.807, 2.05) is 0 Å². The Kier molecular flexibility index (Phi) is 3.68. The van der Waals surface area contributed by atoms with E-state index in [4.69, 9.17) is 0 Å². The number of allylic oxidation sites excluding steroid dienone is 1. The van der Waals surface area contributed by atoms with Crippen LogP contribution >= 0.6 is 0 Å². The van der Waals surface area contributed by atoms with Gasteiger partial charge in [-0.2, -0.15) is 0 Å². The van der Waals surface area contributed by atoms with Crippen molar-refractivity contribution in [3.63, 3.8) is 0 Å². The van der Waals surface area contributed by atoms with Crippen LogP contribution in [-0.4, -0.2) is 0 Å². The molecule has 6 aromatic carbocycles. The van der Waals surface area contributed by atoms with E-state index in [-0.39, 0.29) is 5.41 Å². The summed E-state index contributed by atoms with van der Waals surface area (Å²) in [5.41, 5.74) is 10.3.